The van der Waals surface area contributed by atoms with Crippen LogP contribution in [0.4, 0.5) is 0 Å². The van der Waals surface area contributed by atoms with Crippen LogP contribution in [-0.4, -0.2) is 19.0 Å². The third-order valence-corrected chi connectivity index (χ3v) is 4.46. The minimum atomic E-state index is 0.105. The molecule has 1 fully saturated rings. The van der Waals surface area contributed by atoms with Crippen molar-refractivity contribution in [3.05, 3.63) is 55.9 Å². The van der Waals surface area contributed by atoms with E-state index in [4.69, 9.17) is 4.74 Å². The summed E-state index contributed by atoms with van der Waals surface area (Å²) in [4.78, 5) is 14.5. The van der Waals surface area contributed by atoms with Crippen molar-refractivity contribution in [3.63, 3.8) is 0 Å². The summed E-state index contributed by atoms with van der Waals surface area (Å²) in [6, 6.07) is 7.96. The summed E-state index contributed by atoms with van der Waals surface area (Å²) in [5.74, 6) is 0.105. The van der Waals surface area contributed by atoms with Crippen molar-refractivity contribution in [3.8, 4) is 0 Å². The van der Waals surface area contributed by atoms with Crippen LogP contribution in [0.3, 0.4) is 0 Å². The number of carbonyl (C=O) groups is 1. The number of rotatable bonds is 2. The molecular formula is C15H12O2S2. The Bertz CT molecular complexity index is 565. The molecule has 0 bridgehead atoms. The van der Waals surface area contributed by atoms with Crippen molar-refractivity contribution in [2.24, 2.45) is 0 Å². The Kier molecular flexibility index (Phi) is 3.73. The first-order valence-corrected chi connectivity index (χ1v) is 7.69. The Morgan fingerprint density at radius 3 is 1.89 bits per heavy atom. The third kappa shape index (κ3) is 2.92. The van der Waals surface area contributed by atoms with Crippen LogP contribution in [0.1, 0.15) is 9.75 Å². The molecular weight excluding hydrogens is 276 g/mol. The van der Waals surface area contributed by atoms with Crippen molar-refractivity contribution < 1.29 is 9.53 Å². The van der Waals surface area contributed by atoms with E-state index in [0.29, 0.717) is 13.2 Å². The highest BCUT2D eigenvalue weighted by molar-refractivity contribution is 7.11. The molecule has 1 aliphatic rings. The molecule has 0 aliphatic carbocycles. The molecule has 0 aromatic carbocycles. The minimum Gasteiger partial charge on any atom is -0.372 e. The van der Waals surface area contributed by atoms with Crippen LogP contribution >= 0.6 is 22.7 Å². The second-order valence-corrected chi connectivity index (χ2v) is 6.15. The topological polar surface area (TPSA) is 26.3 Å². The van der Waals surface area contributed by atoms with Gasteiger partial charge in [0.15, 0.2) is 5.78 Å². The number of ether oxygens (including phenoxy) is 1. The molecule has 0 radical (unpaired) electrons. The van der Waals surface area contributed by atoms with Crippen molar-refractivity contribution >= 4 is 40.6 Å². The predicted octanol–water partition coefficient (Wildman–Crippen LogP) is 3.88. The summed E-state index contributed by atoms with van der Waals surface area (Å²) in [5, 5.41) is 4.01. The molecule has 0 atom stereocenters. The van der Waals surface area contributed by atoms with Crippen molar-refractivity contribution in [1.82, 2.24) is 0 Å². The van der Waals surface area contributed by atoms with Crippen LogP contribution in [0.2, 0.25) is 0 Å². The second-order valence-electron chi connectivity index (χ2n) is 4.19. The first-order chi connectivity index (χ1) is 9.33. The summed E-state index contributed by atoms with van der Waals surface area (Å²) >= 11 is 3.25. The maximum atomic E-state index is 12.4. The molecule has 2 aromatic heterocycles. The number of ketones is 1. The zero-order valence-electron chi connectivity index (χ0n) is 10.2. The fourth-order valence-corrected chi connectivity index (χ4v) is 3.28. The molecule has 3 rings (SSSR count). The average molecular weight is 288 g/mol. The number of thiophene rings is 2. The largest absolute Gasteiger partial charge is 0.372 e. The molecule has 4 heteroatoms. The van der Waals surface area contributed by atoms with E-state index in [1.807, 2.05) is 47.2 Å². The van der Waals surface area contributed by atoms with E-state index in [1.54, 1.807) is 22.7 Å². The number of hydrogen-bond donors (Lipinski definition) is 0. The molecule has 19 heavy (non-hydrogen) atoms. The monoisotopic (exact) mass is 288 g/mol. The number of hydrogen-bond acceptors (Lipinski definition) is 4. The molecule has 0 amide bonds. The number of Topliss-reactive ketones (excluding diaryl/α,β-unsaturated/α-hetero) is 1. The van der Waals surface area contributed by atoms with Crippen LogP contribution in [0.15, 0.2) is 46.2 Å². The third-order valence-electron chi connectivity index (χ3n) is 2.82. The molecule has 2 nitrogen and oxygen atoms in total. The van der Waals surface area contributed by atoms with Crippen LogP contribution in [0.25, 0.3) is 12.2 Å². The van der Waals surface area contributed by atoms with Gasteiger partial charge in [0.05, 0.1) is 13.2 Å². The molecule has 0 unspecified atom stereocenters. The summed E-state index contributed by atoms with van der Waals surface area (Å²) in [7, 11) is 0. The van der Waals surface area contributed by atoms with E-state index in [-0.39, 0.29) is 5.78 Å². The lowest BCUT2D eigenvalue weighted by molar-refractivity contribution is -0.114. The zero-order chi connectivity index (χ0) is 13.1. The van der Waals surface area contributed by atoms with Gasteiger partial charge in [-0.2, -0.15) is 0 Å². The van der Waals surface area contributed by atoms with Crippen LogP contribution in [-0.2, 0) is 9.53 Å². The van der Waals surface area contributed by atoms with Gasteiger partial charge in [-0.25, -0.2) is 0 Å². The predicted molar refractivity (Wildman–Crippen MR) is 80.4 cm³/mol. The van der Waals surface area contributed by atoms with Gasteiger partial charge >= 0.3 is 0 Å². The SMILES string of the molecule is O=C1C(=Cc2cccs2)COC/C1=C\c1cccs1. The lowest BCUT2D eigenvalue weighted by Crippen LogP contribution is -2.21. The van der Waals surface area contributed by atoms with Crippen molar-refractivity contribution in [2.75, 3.05) is 13.2 Å². The van der Waals surface area contributed by atoms with Gasteiger partial charge in [0, 0.05) is 20.9 Å². The van der Waals surface area contributed by atoms with Gasteiger partial charge in [0.2, 0.25) is 0 Å². The standard InChI is InChI=1S/C15H12O2S2/c16-15-11(7-13-3-1-5-18-13)9-17-10-12(15)8-14-4-2-6-19-14/h1-8H,9-10H2/b11-7+,12-8?. The maximum Gasteiger partial charge on any atom is 0.189 e. The lowest BCUT2D eigenvalue weighted by Gasteiger charge is -2.16. The van der Waals surface area contributed by atoms with E-state index in [2.05, 4.69) is 0 Å². The van der Waals surface area contributed by atoms with Crippen molar-refractivity contribution in [2.45, 2.75) is 0 Å². The highest BCUT2D eigenvalue weighted by Gasteiger charge is 2.21. The molecule has 3 heterocycles. The Balaban J connectivity index is 1.87. The van der Waals surface area contributed by atoms with Gasteiger partial charge in [-0.1, -0.05) is 12.1 Å². The van der Waals surface area contributed by atoms with Gasteiger partial charge in [-0.3, -0.25) is 4.79 Å². The van der Waals surface area contributed by atoms with Crippen molar-refractivity contribution in [1.29, 1.82) is 0 Å². The molecule has 2 aromatic rings. The normalized spacial score (nSPS) is 20.3. The van der Waals surface area contributed by atoms with E-state index < -0.39 is 0 Å². The van der Waals surface area contributed by atoms with Gasteiger partial charge in [-0.05, 0) is 35.0 Å². The van der Waals surface area contributed by atoms with E-state index in [9.17, 15) is 4.79 Å². The van der Waals surface area contributed by atoms with Gasteiger partial charge < -0.3 is 4.74 Å². The van der Waals surface area contributed by atoms with E-state index in [0.717, 1.165) is 20.9 Å². The second kappa shape index (κ2) is 5.65. The quantitative estimate of drug-likeness (QED) is 0.784. The van der Waals surface area contributed by atoms with E-state index in [1.165, 1.54) is 0 Å². The fraction of sp³-hybridized carbons (Fsp3) is 0.133. The highest BCUT2D eigenvalue weighted by atomic mass is 32.1. The number of carbonyl (C=O) groups excluding carboxylic acids is 1. The maximum absolute atomic E-state index is 12.4. The first kappa shape index (κ1) is 12.5. The summed E-state index contributed by atoms with van der Waals surface area (Å²) < 4.78 is 5.51. The Labute approximate surface area is 119 Å². The van der Waals surface area contributed by atoms with Crippen LogP contribution in [0, 0.1) is 0 Å². The lowest BCUT2D eigenvalue weighted by atomic mass is 10.0. The molecule has 96 valence electrons. The highest BCUT2D eigenvalue weighted by Crippen LogP contribution is 2.22. The smallest absolute Gasteiger partial charge is 0.189 e. The van der Waals surface area contributed by atoms with Gasteiger partial charge in [0.1, 0.15) is 0 Å². The molecule has 1 aliphatic heterocycles. The summed E-state index contributed by atoms with van der Waals surface area (Å²) in [5.41, 5.74) is 1.47. The van der Waals surface area contributed by atoms with Gasteiger partial charge in [0.25, 0.3) is 0 Å². The Morgan fingerprint density at radius 1 is 0.947 bits per heavy atom. The molecule has 0 N–H and O–H groups in total. The molecule has 0 spiro atoms. The average Bonchev–Trinajstić information content (AvgIpc) is 3.07. The Morgan fingerprint density at radius 2 is 1.47 bits per heavy atom. The minimum absolute atomic E-state index is 0.105. The van der Waals surface area contributed by atoms with Crippen LogP contribution in [0.5, 0.6) is 0 Å². The van der Waals surface area contributed by atoms with Crippen LogP contribution < -0.4 is 0 Å². The van der Waals surface area contributed by atoms with Gasteiger partial charge in [-0.15, -0.1) is 22.7 Å². The molecule has 1 saturated heterocycles. The van der Waals surface area contributed by atoms with E-state index >= 15 is 0 Å². The summed E-state index contributed by atoms with van der Waals surface area (Å²) in [6.07, 6.45) is 3.85. The zero-order valence-corrected chi connectivity index (χ0v) is 11.8. The summed E-state index contributed by atoms with van der Waals surface area (Å²) in [6.45, 7) is 0.803. The fourth-order valence-electron chi connectivity index (χ4n) is 1.91. The first-order valence-electron chi connectivity index (χ1n) is 5.93. The molecule has 0 saturated carbocycles. The Hall–Kier alpha value is -1.49.